The quantitative estimate of drug-likeness (QED) is 0.719. The zero-order valence-corrected chi connectivity index (χ0v) is 9.86. The molecule has 92 valence electrons. The number of anilines is 1. The van der Waals surface area contributed by atoms with Gasteiger partial charge in [-0.2, -0.15) is 0 Å². The van der Waals surface area contributed by atoms with Crippen LogP contribution in [0.2, 0.25) is 0 Å². The van der Waals surface area contributed by atoms with Crippen molar-refractivity contribution >= 4 is 17.6 Å². The number of nitrogens with one attached hydrogen (secondary N) is 1. The Bertz CT molecular complexity index is 443. The second-order valence-electron chi connectivity index (χ2n) is 3.86. The highest BCUT2D eigenvalue weighted by atomic mass is 16.4. The second kappa shape index (κ2) is 5.34. The van der Waals surface area contributed by atoms with Crippen LogP contribution in [0.5, 0.6) is 0 Å². The summed E-state index contributed by atoms with van der Waals surface area (Å²) >= 11 is 0. The summed E-state index contributed by atoms with van der Waals surface area (Å²) in [5, 5.41) is 11.8. The average molecular weight is 236 g/mol. The topological polar surface area (TPSA) is 92.4 Å². The number of carboxylic acids is 1. The lowest BCUT2D eigenvalue weighted by molar-refractivity contribution is -0.137. The number of carbonyl (C=O) groups is 2. The maximum absolute atomic E-state index is 11.2. The first-order chi connectivity index (χ1) is 7.95. The molecule has 4 N–H and O–H groups in total. The molecule has 0 saturated heterocycles. The van der Waals surface area contributed by atoms with Gasteiger partial charge in [0.25, 0.3) is 5.91 Å². The molecule has 0 spiro atoms. The second-order valence-corrected chi connectivity index (χ2v) is 3.86. The lowest BCUT2D eigenvalue weighted by Gasteiger charge is -2.16. The highest BCUT2D eigenvalue weighted by Gasteiger charge is 2.17. The molecule has 0 fully saturated rings. The first-order valence-corrected chi connectivity index (χ1v) is 5.35. The molecule has 0 aliphatic rings. The summed E-state index contributed by atoms with van der Waals surface area (Å²) in [5.74, 6) is -1.53. The molecule has 17 heavy (non-hydrogen) atoms. The molecule has 1 aromatic carbocycles. The summed E-state index contributed by atoms with van der Waals surface area (Å²) in [6.45, 7) is 3.61. The van der Waals surface area contributed by atoms with Crippen molar-refractivity contribution in [1.29, 1.82) is 0 Å². The Labute approximate surface area is 99.6 Å². The van der Waals surface area contributed by atoms with Gasteiger partial charge >= 0.3 is 5.97 Å². The molecule has 1 aromatic rings. The summed E-state index contributed by atoms with van der Waals surface area (Å²) in [6.07, 6.45) is 0.418. The van der Waals surface area contributed by atoms with Gasteiger partial charge in [-0.1, -0.05) is 13.0 Å². The number of hydrogen-bond donors (Lipinski definition) is 3. The van der Waals surface area contributed by atoms with Crippen LogP contribution in [-0.2, 0) is 4.79 Å². The Morgan fingerprint density at radius 1 is 1.47 bits per heavy atom. The predicted molar refractivity (Wildman–Crippen MR) is 65.0 cm³/mol. The van der Waals surface area contributed by atoms with Gasteiger partial charge < -0.3 is 16.2 Å². The fourth-order valence-electron chi connectivity index (χ4n) is 1.52. The van der Waals surface area contributed by atoms with Crippen molar-refractivity contribution in [2.75, 3.05) is 5.32 Å². The number of aryl methyl sites for hydroxylation is 1. The lowest BCUT2D eigenvalue weighted by atomic mass is 10.1. The van der Waals surface area contributed by atoms with E-state index < -0.39 is 17.9 Å². The molecule has 0 aliphatic heterocycles. The van der Waals surface area contributed by atoms with E-state index in [1.165, 1.54) is 0 Å². The lowest BCUT2D eigenvalue weighted by Crippen LogP contribution is -2.29. The molecule has 1 rings (SSSR count). The minimum atomic E-state index is -0.954. The zero-order valence-electron chi connectivity index (χ0n) is 9.86. The van der Waals surface area contributed by atoms with Gasteiger partial charge in [-0.3, -0.25) is 4.79 Å². The van der Waals surface area contributed by atoms with Crippen molar-refractivity contribution in [2.45, 2.75) is 26.3 Å². The van der Waals surface area contributed by atoms with Crippen LogP contribution in [0, 0.1) is 6.92 Å². The number of amides is 1. The number of primary amides is 1. The number of hydrogen-bond acceptors (Lipinski definition) is 3. The van der Waals surface area contributed by atoms with E-state index in [1.807, 2.05) is 6.92 Å². The van der Waals surface area contributed by atoms with Crippen LogP contribution in [-0.4, -0.2) is 23.0 Å². The number of nitrogens with two attached hydrogens (primary N) is 1. The third kappa shape index (κ3) is 3.21. The molecule has 0 aliphatic carbocycles. The molecule has 0 bridgehead atoms. The van der Waals surface area contributed by atoms with Crippen LogP contribution in [0.4, 0.5) is 5.69 Å². The Morgan fingerprint density at radius 2 is 2.12 bits per heavy atom. The van der Waals surface area contributed by atoms with Gasteiger partial charge in [0, 0.05) is 5.69 Å². The van der Waals surface area contributed by atoms with Gasteiger partial charge in [0.2, 0.25) is 0 Å². The summed E-state index contributed by atoms with van der Waals surface area (Å²) in [4.78, 5) is 22.1. The maximum atomic E-state index is 11.2. The SMILES string of the molecule is CCC(Nc1cc(C)ccc1C(N)=O)C(=O)O. The first kappa shape index (κ1) is 13.0. The largest absolute Gasteiger partial charge is 0.480 e. The van der Waals surface area contributed by atoms with E-state index in [-0.39, 0.29) is 0 Å². The Hall–Kier alpha value is -2.04. The summed E-state index contributed by atoms with van der Waals surface area (Å²) in [7, 11) is 0. The molecule has 0 aromatic heterocycles. The Kier molecular flexibility index (Phi) is 4.09. The molecule has 1 atom stereocenters. The van der Waals surface area contributed by atoms with E-state index in [0.29, 0.717) is 17.7 Å². The van der Waals surface area contributed by atoms with Crippen LogP contribution >= 0.6 is 0 Å². The number of carboxylic acid groups (broad SMARTS) is 1. The van der Waals surface area contributed by atoms with Gasteiger partial charge in [-0.15, -0.1) is 0 Å². The molecule has 1 unspecified atom stereocenters. The first-order valence-electron chi connectivity index (χ1n) is 5.35. The van der Waals surface area contributed by atoms with Crippen LogP contribution in [0.3, 0.4) is 0 Å². The van der Waals surface area contributed by atoms with Gasteiger partial charge in [0.15, 0.2) is 0 Å². The number of carbonyl (C=O) groups excluding carboxylic acids is 1. The molecular weight excluding hydrogens is 220 g/mol. The van der Waals surface area contributed by atoms with Crippen LogP contribution in [0.15, 0.2) is 18.2 Å². The predicted octanol–water partition coefficient (Wildman–Crippen LogP) is 1.37. The maximum Gasteiger partial charge on any atom is 0.326 e. The van der Waals surface area contributed by atoms with E-state index in [9.17, 15) is 9.59 Å². The summed E-state index contributed by atoms with van der Waals surface area (Å²) in [6, 6.07) is 4.34. The van der Waals surface area contributed by atoms with E-state index in [1.54, 1.807) is 25.1 Å². The molecule has 5 heteroatoms. The van der Waals surface area contributed by atoms with Crippen molar-refractivity contribution in [3.05, 3.63) is 29.3 Å². The smallest absolute Gasteiger partial charge is 0.326 e. The molecule has 0 heterocycles. The fourth-order valence-corrected chi connectivity index (χ4v) is 1.52. The molecule has 0 saturated carbocycles. The summed E-state index contributed by atoms with van der Waals surface area (Å²) in [5.41, 5.74) is 6.93. The van der Waals surface area contributed by atoms with E-state index in [4.69, 9.17) is 10.8 Å². The van der Waals surface area contributed by atoms with Crippen molar-refractivity contribution < 1.29 is 14.7 Å². The van der Waals surface area contributed by atoms with Crippen LogP contribution < -0.4 is 11.1 Å². The average Bonchev–Trinajstić information content (AvgIpc) is 2.25. The number of rotatable bonds is 5. The minimum Gasteiger partial charge on any atom is -0.480 e. The van der Waals surface area contributed by atoms with Crippen LogP contribution in [0.1, 0.15) is 29.3 Å². The van der Waals surface area contributed by atoms with Crippen molar-refractivity contribution in [2.24, 2.45) is 5.73 Å². The molecular formula is C12H16N2O3. The Morgan fingerprint density at radius 3 is 2.59 bits per heavy atom. The van der Waals surface area contributed by atoms with Crippen LogP contribution in [0.25, 0.3) is 0 Å². The highest BCUT2D eigenvalue weighted by molar-refractivity contribution is 5.99. The number of aliphatic carboxylic acids is 1. The summed E-state index contributed by atoms with van der Waals surface area (Å²) < 4.78 is 0. The highest BCUT2D eigenvalue weighted by Crippen LogP contribution is 2.18. The monoisotopic (exact) mass is 236 g/mol. The third-order valence-corrected chi connectivity index (χ3v) is 2.48. The van der Waals surface area contributed by atoms with Crippen molar-refractivity contribution in [3.63, 3.8) is 0 Å². The number of benzene rings is 1. The standard InChI is InChI=1S/C12H16N2O3/c1-3-9(12(16)17)14-10-6-7(2)4-5-8(10)11(13)15/h4-6,9,14H,3H2,1-2H3,(H2,13,15)(H,16,17). The van der Waals surface area contributed by atoms with E-state index >= 15 is 0 Å². The zero-order chi connectivity index (χ0) is 13.0. The van der Waals surface area contributed by atoms with Gasteiger partial charge in [0.1, 0.15) is 6.04 Å². The van der Waals surface area contributed by atoms with E-state index in [0.717, 1.165) is 5.56 Å². The van der Waals surface area contributed by atoms with Crippen molar-refractivity contribution in [3.8, 4) is 0 Å². The van der Waals surface area contributed by atoms with E-state index in [2.05, 4.69) is 5.32 Å². The van der Waals surface area contributed by atoms with Gasteiger partial charge in [-0.25, -0.2) is 4.79 Å². The van der Waals surface area contributed by atoms with Crippen molar-refractivity contribution in [1.82, 2.24) is 0 Å². The molecule has 1 amide bonds. The minimum absolute atomic E-state index is 0.301. The normalized spacial score (nSPS) is 11.9. The third-order valence-electron chi connectivity index (χ3n) is 2.48. The van der Waals surface area contributed by atoms with Gasteiger partial charge in [-0.05, 0) is 31.0 Å². The molecule has 5 nitrogen and oxygen atoms in total. The molecule has 0 radical (unpaired) electrons. The van der Waals surface area contributed by atoms with Gasteiger partial charge in [0.05, 0.1) is 5.56 Å². The Balaban J connectivity index is 3.07. The fraction of sp³-hybridized carbons (Fsp3) is 0.333.